The van der Waals surface area contributed by atoms with Crippen LogP contribution in [0.5, 0.6) is 11.5 Å². The van der Waals surface area contributed by atoms with E-state index < -0.39 is 11.1 Å². The first kappa shape index (κ1) is 39.7. The Morgan fingerprint density at radius 3 is 1.27 bits per heavy atom. The van der Waals surface area contributed by atoms with Gasteiger partial charge >= 0.3 is 18.5 Å². The van der Waals surface area contributed by atoms with Crippen LogP contribution in [-0.4, -0.2) is 9.36 Å². The quantitative estimate of drug-likeness (QED) is 0.120. The molecular formula is C32H19Cl6FeN8O4. The maximum absolute atomic E-state index is 12.5. The van der Waals surface area contributed by atoms with Gasteiger partial charge in [-0.15, -0.1) is 21.6 Å². The molecule has 0 bridgehead atoms. The number of azo groups is 2. The molecule has 0 saturated carbocycles. The number of rotatable bonds is 6. The van der Waals surface area contributed by atoms with E-state index >= 15 is 0 Å². The third-order valence-electron chi connectivity index (χ3n) is 6.63. The second-order valence-electron chi connectivity index (χ2n) is 10.1. The zero-order valence-electron chi connectivity index (χ0n) is 26.8. The van der Waals surface area contributed by atoms with Gasteiger partial charge in [-0.3, -0.25) is 9.59 Å². The minimum Gasteiger partial charge on any atom is -0.871 e. The van der Waals surface area contributed by atoms with Crippen molar-refractivity contribution in [2.75, 3.05) is 0 Å². The monoisotopic (exact) mass is 845 g/mol. The van der Waals surface area contributed by atoms with Crippen molar-refractivity contribution in [3.05, 3.63) is 135 Å². The summed E-state index contributed by atoms with van der Waals surface area (Å²) in [7, 11) is 0. The molecule has 2 aromatic heterocycles. The molecule has 1 radical (unpaired) electrons. The summed E-state index contributed by atoms with van der Waals surface area (Å²) in [6, 6.07) is 17.6. The molecule has 0 saturated heterocycles. The van der Waals surface area contributed by atoms with Crippen molar-refractivity contribution in [1.29, 1.82) is 0 Å². The Labute approximate surface area is 330 Å². The Hall–Kier alpha value is -4.04. The summed E-state index contributed by atoms with van der Waals surface area (Å²) in [5.41, 5.74) is 0.720. The van der Waals surface area contributed by atoms with Crippen molar-refractivity contribution in [2.45, 2.75) is 13.8 Å². The first-order chi connectivity index (χ1) is 23.7. The Kier molecular flexibility index (Phi) is 13.2. The van der Waals surface area contributed by atoms with Gasteiger partial charge in [-0.1, -0.05) is 107 Å². The van der Waals surface area contributed by atoms with E-state index in [9.17, 15) is 19.8 Å². The fraction of sp³-hybridized carbons (Fsp3) is 0.0625. The molecule has 0 N–H and O–H groups in total. The first-order valence-corrected chi connectivity index (χ1v) is 16.2. The van der Waals surface area contributed by atoms with E-state index in [1.54, 1.807) is 38.1 Å². The number of hydrogen-bond acceptors (Lipinski definition) is 8. The number of aryl methyl sites for hydroxylation is 2. The van der Waals surface area contributed by atoms with Crippen LogP contribution in [0.1, 0.15) is 12.8 Å². The fourth-order valence-electron chi connectivity index (χ4n) is 4.15. The maximum Gasteiger partial charge on any atom is 3.00 e. The second-order valence-corrected chi connectivity index (χ2v) is 12.6. The summed E-state index contributed by atoms with van der Waals surface area (Å²) in [6.45, 7) is 3.22. The zero-order chi connectivity index (χ0) is 36.3. The average molecular weight is 848 g/mol. The largest absolute Gasteiger partial charge is 3.00 e. The predicted molar refractivity (Wildman–Crippen MR) is 191 cm³/mol. The van der Waals surface area contributed by atoms with Gasteiger partial charge in [0, 0.05) is 21.4 Å². The van der Waals surface area contributed by atoms with E-state index in [1.807, 2.05) is 0 Å². The molecule has 0 aliphatic carbocycles. The SMILES string of the molecule is Cc1[n-]n(-c2ccc(Cl)c(Cl)c2)c(=O)c1N=Nc1cc(Cl)ccc1[O-].Cc1[n-]n(-c2ccc(Cl)c(Cl)c2)c(=O)c1N=Nc1cc(Cl)ccc1[O-].[Fe+3].[H+]. The van der Waals surface area contributed by atoms with Crippen molar-refractivity contribution < 1.29 is 28.7 Å². The van der Waals surface area contributed by atoms with Crippen LogP contribution >= 0.6 is 69.6 Å². The predicted octanol–water partition coefficient (Wildman–Crippen LogP) is 9.21. The summed E-state index contributed by atoms with van der Waals surface area (Å²) >= 11 is 35.4. The number of halogens is 6. The van der Waals surface area contributed by atoms with Crippen LogP contribution < -0.4 is 31.5 Å². The molecule has 0 fully saturated rings. The Morgan fingerprint density at radius 2 is 0.922 bits per heavy atom. The van der Waals surface area contributed by atoms with Crippen LogP contribution in [0.25, 0.3) is 11.4 Å². The van der Waals surface area contributed by atoms with E-state index in [2.05, 4.69) is 30.7 Å². The van der Waals surface area contributed by atoms with Gasteiger partial charge in [-0.05, 0) is 60.7 Å². The molecule has 261 valence electrons. The second kappa shape index (κ2) is 17.0. The van der Waals surface area contributed by atoms with Gasteiger partial charge in [0.15, 0.2) is 0 Å². The smallest absolute Gasteiger partial charge is 0.871 e. The van der Waals surface area contributed by atoms with Crippen LogP contribution in [0.3, 0.4) is 0 Å². The molecule has 0 amide bonds. The maximum atomic E-state index is 12.5. The van der Waals surface area contributed by atoms with Gasteiger partial charge < -0.3 is 29.8 Å². The summed E-state index contributed by atoms with van der Waals surface area (Å²) in [5.74, 6) is -0.703. The van der Waals surface area contributed by atoms with Gasteiger partial charge in [0.25, 0.3) is 11.1 Å². The summed E-state index contributed by atoms with van der Waals surface area (Å²) in [5, 5.41) is 49.2. The van der Waals surface area contributed by atoms with Crippen molar-refractivity contribution in [3.8, 4) is 22.9 Å². The van der Waals surface area contributed by atoms with E-state index in [4.69, 9.17) is 69.6 Å². The van der Waals surface area contributed by atoms with Gasteiger partial charge in [-0.25, -0.2) is 0 Å². The third kappa shape index (κ3) is 9.26. The van der Waals surface area contributed by atoms with Crippen molar-refractivity contribution >= 4 is 92.4 Å². The Morgan fingerprint density at radius 1 is 0.549 bits per heavy atom. The molecule has 4 aromatic carbocycles. The number of benzene rings is 4. The minimum absolute atomic E-state index is 0. The van der Waals surface area contributed by atoms with Crippen LogP contribution in [0.15, 0.2) is 103 Å². The Bertz CT molecular complexity index is 2260. The van der Waals surface area contributed by atoms with Gasteiger partial charge in [0.05, 0.1) is 31.5 Å². The molecule has 6 aromatic rings. The standard InChI is InChI=1S/2C16H11Cl3N4O2.Fe/c2*1-8-15(21-20-13-6-9(17)2-5-14(13)24)16(25)23(22-8)10-3-4-11(18)12(19)7-10;/h2*2-7H,1H3,(H2,20,21,22,24,25);/q;;+3/p-3. The molecule has 6 rings (SSSR count). The molecule has 19 heteroatoms. The molecule has 0 spiro atoms. The van der Waals surface area contributed by atoms with Crippen molar-refractivity contribution in [1.82, 2.24) is 19.6 Å². The number of hydrogen-bond donors (Lipinski definition) is 0. The van der Waals surface area contributed by atoms with Crippen LogP contribution in [0.4, 0.5) is 22.7 Å². The molecule has 0 atom stereocenters. The van der Waals surface area contributed by atoms with E-state index in [0.29, 0.717) is 52.9 Å². The molecule has 51 heavy (non-hydrogen) atoms. The van der Waals surface area contributed by atoms with E-state index in [1.165, 1.54) is 48.5 Å². The van der Waals surface area contributed by atoms with Crippen LogP contribution in [0, 0.1) is 13.8 Å². The summed E-state index contributed by atoms with van der Waals surface area (Å²) in [6.07, 6.45) is 0. The van der Waals surface area contributed by atoms with E-state index in [-0.39, 0.29) is 52.7 Å². The number of aromatic nitrogens is 4. The Balaban J connectivity index is 0.000000270. The van der Waals surface area contributed by atoms with Crippen LogP contribution in [-0.2, 0) is 17.1 Å². The minimum atomic E-state index is -0.492. The molecule has 2 heterocycles. The van der Waals surface area contributed by atoms with Crippen molar-refractivity contribution in [2.24, 2.45) is 20.5 Å². The summed E-state index contributed by atoms with van der Waals surface area (Å²) in [4.78, 5) is 25.1. The fourth-order valence-corrected chi connectivity index (χ4v) is 5.07. The van der Waals surface area contributed by atoms with Crippen LogP contribution in [0.2, 0.25) is 30.1 Å². The van der Waals surface area contributed by atoms with Gasteiger partial charge in [0.2, 0.25) is 0 Å². The number of nitrogens with zero attached hydrogens (tertiary/aromatic N) is 8. The average Bonchev–Trinajstić information content (AvgIpc) is 3.53. The summed E-state index contributed by atoms with van der Waals surface area (Å²) < 4.78 is 2.28. The van der Waals surface area contributed by atoms with Crippen molar-refractivity contribution in [3.63, 3.8) is 0 Å². The topological polar surface area (TPSA) is 168 Å². The zero-order valence-corrected chi connectivity index (χ0v) is 31.4. The molecule has 0 unspecified atom stereocenters. The van der Waals surface area contributed by atoms with Gasteiger partial charge in [0.1, 0.15) is 11.4 Å². The van der Waals surface area contributed by atoms with E-state index in [0.717, 1.165) is 9.36 Å². The van der Waals surface area contributed by atoms with Gasteiger partial charge in [-0.2, -0.15) is 10.2 Å². The molecular weight excluding hydrogens is 829 g/mol. The third-order valence-corrected chi connectivity index (χ3v) is 8.58. The normalized spacial score (nSPS) is 11.1. The molecule has 0 aliphatic rings. The molecule has 0 aliphatic heterocycles. The first-order valence-electron chi connectivity index (χ1n) is 13.9. The molecule has 12 nitrogen and oxygen atoms in total.